The molecule has 1 aliphatic carbocycles. The molecule has 3 atom stereocenters. The van der Waals surface area contributed by atoms with Gasteiger partial charge in [-0.2, -0.15) is 0 Å². The zero-order chi connectivity index (χ0) is 15.6. The maximum atomic E-state index is 13.3. The summed E-state index contributed by atoms with van der Waals surface area (Å²) in [5.74, 6) is 0.206. The number of hydrogen-bond donors (Lipinski definition) is 0. The minimum absolute atomic E-state index is 0.0649. The van der Waals surface area contributed by atoms with Crippen molar-refractivity contribution in [3.05, 3.63) is 30.3 Å². The summed E-state index contributed by atoms with van der Waals surface area (Å²) in [4.78, 5) is 15.3. The summed E-state index contributed by atoms with van der Waals surface area (Å²) < 4.78 is 6.10. The van der Waals surface area contributed by atoms with E-state index < -0.39 is 5.06 Å². The summed E-state index contributed by atoms with van der Waals surface area (Å²) in [6.07, 6.45) is 4.76. The Morgan fingerprint density at radius 1 is 1.23 bits per heavy atom. The normalized spacial score (nSPS) is 39.1. The molecule has 1 amide bonds. The Morgan fingerprint density at radius 2 is 1.95 bits per heavy atom. The molecule has 4 rings (SSSR count). The Hall–Kier alpha value is -1.00. The third kappa shape index (κ3) is 1.37. The number of methoxy groups -OCH3 is 1. The van der Waals surface area contributed by atoms with Crippen LogP contribution in [0.3, 0.4) is 0 Å². The van der Waals surface area contributed by atoms with Crippen molar-refractivity contribution in [2.24, 2.45) is 10.8 Å². The van der Waals surface area contributed by atoms with Crippen LogP contribution in [0.5, 0.6) is 0 Å². The smallest absolute Gasteiger partial charge is 0.236 e. The van der Waals surface area contributed by atoms with Gasteiger partial charge in [0.15, 0.2) is 0 Å². The zero-order valence-electron chi connectivity index (χ0n) is 13.5. The number of carbonyl (C=O) groups is 1. The molecule has 3 fully saturated rings. The number of para-hydroxylation sites is 1. The highest BCUT2D eigenvalue weighted by molar-refractivity contribution is 8.02. The highest BCUT2D eigenvalue weighted by Crippen LogP contribution is 2.78. The molecule has 1 aromatic rings. The van der Waals surface area contributed by atoms with E-state index in [4.69, 9.17) is 4.74 Å². The molecule has 118 valence electrons. The molecule has 2 aliphatic heterocycles. The van der Waals surface area contributed by atoms with Crippen molar-refractivity contribution in [3.63, 3.8) is 0 Å². The molecular weight excluding hydrogens is 294 g/mol. The number of anilines is 1. The summed E-state index contributed by atoms with van der Waals surface area (Å²) >= 11 is 1.86. The van der Waals surface area contributed by atoms with Crippen molar-refractivity contribution in [3.8, 4) is 0 Å². The fourth-order valence-corrected chi connectivity index (χ4v) is 7.41. The van der Waals surface area contributed by atoms with Gasteiger partial charge >= 0.3 is 0 Å². The number of thioether (sulfide) groups is 1. The van der Waals surface area contributed by atoms with E-state index >= 15 is 0 Å². The maximum Gasteiger partial charge on any atom is 0.236 e. The van der Waals surface area contributed by atoms with E-state index in [0.29, 0.717) is 5.25 Å². The van der Waals surface area contributed by atoms with Crippen molar-refractivity contribution in [1.29, 1.82) is 0 Å². The number of amides is 1. The van der Waals surface area contributed by atoms with Gasteiger partial charge in [-0.1, -0.05) is 56.7 Å². The molecule has 0 radical (unpaired) electrons. The monoisotopic (exact) mass is 317 g/mol. The average Bonchev–Trinajstić information content (AvgIpc) is 2.61. The second kappa shape index (κ2) is 4.51. The first kappa shape index (κ1) is 14.6. The van der Waals surface area contributed by atoms with Gasteiger partial charge in [-0.3, -0.25) is 9.69 Å². The summed E-state index contributed by atoms with van der Waals surface area (Å²) in [6, 6.07) is 10.0. The molecule has 3 aliphatic rings. The first-order valence-electron chi connectivity index (χ1n) is 8.14. The molecule has 2 saturated heterocycles. The van der Waals surface area contributed by atoms with Crippen LogP contribution in [0, 0.1) is 10.8 Å². The Kier molecular flexibility index (Phi) is 2.99. The summed E-state index contributed by atoms with van der Waals surface area (Å²) in [7, 11) is 1.77. The van der Waals surface area contributed by atoms with E-state index in [1.807, 2.05) is 47.0 Å². The standard InChI is InChI=1S/C18H23NO2S/c1-16(2)15(20)19(13-9-5-4-6-10-13)18(21-3)17(16)12-8-7-11-14(17)22-18/h4-6,9-10,14H,7-8,11-12H2,1-3H3/t14-,17-,18+/m1/s1. The van der Waals surface area contributed by atoms with Gasteiger partial charge in [0.1, 0.15) is 0 Å². The van der Waals surface area contributed by atoms with Gasteiger partial charge in [-0.15, -0.1) is 0 Å². The molecule has 1 saturated carbocycles. The molecule has 1 aromatic carbocycles. The van der Waals surface area contributed by atoms with Crippen LogP contribution in [0.2, 0.25) is 0 Å². The molecule has 2 heterocycles. The van der Waals surface area contributed by atoms with Crippen LogP contribution in [-0.2, 0) is 9.53 Å². The van der Waals surface area contributed by atoms with Crippen molar-refractivity contribution in [2.45, 2.75) is 49.8 Å². The number of benzene rings is 1. The predicted molar refractivity (Wildman–Crippen MR) is 89.7 cm³/mol. The maximum absolute atomic E-state index is 13.3. The number of hydrogen-bond acceptors (Lipinski definition) is 3. The average molecular weight is 317 g/mol. The quantitative estimate of drug-likeness (QED) is 0.824. The largest absolute Gasteiger partial charge is 0.349 e. The Labute approximate surface area is 136 Å². The Morgan fingerprint density at radius 3 is 2.59 bits per heavy atom. The van der Waals surface area contributed by atoms with E-state index in [9.17, 15) is 4.79 Å². The highest BCUT2D eigenvalue weighted by Gasteiger charge is 2.82. The van der Waals surface area contributed by atoms with E-state index in [1.54, 1.807) is 7.11 Å². The summed E-state index contributed by atoms with van der Waals surface area (Å²) in [5, 5.41) is 0.00823. The van der Waals surface area contributed by atoms with Crippen LogP contribution in [0.1, 0.15) is 39.5 Å². The van der Waals surface area contributed by atoms with Gasteiger partial charge in [-0.05, 0) is 25.0 Å². The molecule has 0 bridgehead atoms. The van der Waals surface area contributed by atoms with Crippen LogP contribution in [-0.4, -0.2) is 23.3 Å². The molecule has 1 spiro atoms. The summed E-state index contributed by atoms with van der Waals surface area (Å²) in [6.45, 7) is 4.26. The molecule has 0 N–H and O–H groups in total. The number of carbonyl (C=O) groups excluding carboxylic acids is 1. The predicted octanol–water partition coefficient (Wildman–Crippen LogP) is 4.04. The molecular formula is C18H23NO2S. The van der Waals surface area contributed by atoms with Gasteiger partial charge < -0.3 is 4.74 Å². The highest BCUT2D eigenvalue weighted by atomic mass is 32.2. The minimum atomic E-state index is -0.528. The zero-order valence-corrected chi connectivity index (χ0v) is 14.3. The number of ether oxygens (including phenoxy) is 1. The Balaban J connectivity index is 1.90. The second-order valence-corrected chi connectivity index (χ2v) is 8.57. The topological polar surface area (TPSA) is 29.5 Å². The van der Waals surface area contributed by atoms with Crippen LogP contribution in [0.15, 0.2) is 30.3 Å². The minimum Gasteiger partial charge on any atom is -0.349 e. The van der Waals surface area contributed by atoms with Crippen molar-refractivity contribution < 1.29 is 9.53 Å². The van der Waals surface area contributed by atoms with Crippen LogP contribution < -0.4 is 4.90 Å². The lowest BCUT2D eigenvalue weighted by molar-refractivity contribution is -0.132. The third-order valence-corrected chi connectivity index (χ3v) is 8.10. The molecule has 4 heteroatoms. The van der Waals surface area contributed by atoms with E-state index in [-0.39, 0.29) is 16.7 Å². The summed E-state index contributed by atoms with van der Waals surface area (Å²) in [5.41, 5.74) is 0.510. The first-order valence-corrected chi connectivity index (χ1v) is 9.02. The van der Waals surface area contributed by atoms with Gasteiger partial charge in [0.25, 0.3) is 0 Å². The lowest BCUT2D eigenvalue weighted by atomic mass is 9.58. The Bertz CT molecular complexity index is 617. The van der Waals surface area contributed by atoms with Crippen LogP contribution >= 0.6 is 11.8 Å². The number of nitrogens with zero attached hydrogens (tertiary/aromatic N) is 1. The van der Waals surface area contributed by atoms with Gasteiger partial charge in [-0.25, -0.2) is 0 Å². The van der Waals surface area contributed by atoms with Gasteiger partial charge in [0, 0.05) is 18.0 Å². The lowest BCUT2D eigenvalue weighted by Crippen LogP contribution is -2.69. The SMILES string of the molecule is CO[C@]12S[C@@H]3CCCC[C@]31C(C)(C)C(=O)N2c1ccccc1. The lowest BCUT2D eigenvalue weighted by Gasteiger charge is -2.65. The third-order valence-electron chi connectivity index (χ3n) is 6.14. The second-order valence-electron chi connectivity index (χ2n) is 7.21. The number of rotatable bonds is 2. The first-order chi connectivity index (χ1) is 10.5. The van der Waals surface area contributed by atoms with E-state index in [0.717, 1.165) is 12.1 Å². The van der Waals surface area contributed by atoms with Crippen LogP contribution in [0.4, 0.5) is 5.69 Å². The van der Waals surface area contributed by atoms with Crippen molar-refractivity contribution in [1.82, 2.24) is 0 Å². The molecule has 0 aromatic heterocycles. The van der Waals surface area contributed by atoms with Gasteiger partial charge in [0.05, 0.1) is 10.8 Å². The fourth-order valence-electron chi connectivity index (χ4n) is 5.05. The fraction of sp³-hybridized carbons (Fsp3) is 0.611. The van der Waals surface area contributed by atoms with Crippen molar-refractivity contribution >= 4 is 23.4 Å². The molecule has 22 heavy (non-hydrogen) atoms. The van der Waals surface area contributed by atoms with E-state index in [1.165, 1.54) is 19.3 Å². The molecule has 3 nitrogen and oxygen atoms in total. The van der Waals surface area contributed by atoms with Crippen LogP contribution in [0.25, 0.3) is 0 Å². The molecule has 0 unspecified atom stereocenters. The van der Waals surface area contributed by atoms with Gasteiger partial charge in [0.2, 0.25) is 11.0 Å². The van der Waals surface area contributed by atoms with E-state index in [2.05, 4.69) is 13.8 Å². The van der Waals surface area contributed by atoms with Crippen molar-refractivity contribution in [2.75, 3.05) is 12.0 Å².